The SMILES string of the molecule is Cc1nn(C)cc1S(=O)(=O)Nc1ccccc1OCCN1CCC(C)CC1. The monoisotopic (exact) mass is 392 g/mol. The molecular formula is C19H28N4O3S. The van der Waals surface area contributed by atoms with Gasteiger partial charge in [0, 0.05) is 19.8 Å². The Hall–Kier alpha value is -2.06. The van der Waals surface area contributed by atoms with Crippen molar-refractivity contribution in [1.82, 2.24) is 14.7 Å². The van der Waals surface area contributed by atoms with E-state index in [0.717, 1.165) is 25.6 Å². The number of anilines is 1. The summed E-state index contributed by atoms with van der Waals surface area (Å²) in [5.74, 6) is 1.33. The number of rotatable bonds is 7. The summed E-state index contributed by atoms with van der Waals surface area (Å²) in [6.45, 7) is 7.53. The van der Waals surface area contributed by atoms with Gasteiger partial charge in [0.25, 0.3) is 10.0 Å². The predicted octanol–water partition coefficient (Wildman–Crippen LogP) is 2.64. The molecule has 1 aromatic carbocycles. The highest BCUT2D eigenvalue weighted by atomic mass is 32.2. The van der Waals surface area contributed by atoms with Crippen LogP contribution in [0, 0.1) is 12.8 Å². The molecule has 0 saturated carbocycles. The van der Waals surface area contributed by atoms with Gasteiger partial charge in [-0.25, -0.2) is 8.42 Å². The summed E-state index contributed by atoms with van der Waals surface area (Å²) in [5, 5.41) is 4.11. The number of sulfonamides is 1. The standard InChI is InChI=1S/C19H28N4O3S/c1-15-8-10-23(11-9-15)12-13-26-18-7-5-4-6-17(18)21-27(24,25)19-14-22(3)20-16(19)2/h4-7,14-15,21H,8-13H2,1-3H3. The van der Waals surface area contributed by atoms with Crippen molar-refractivity contribution in [1.29, 1.82) is 0 Å². The molecule has 0 unspecified atom stereocenters. The third kappa shape index (κ3) is 5.01. The number of ether oxygens (including phenoxy) is 1. The van der Waals surface area contributed by atoms with Gasteiger partial charge in [0.15, 0.2) is 0 Å². The Morgan fingerprint density at radius 3 is 2.63 bits per heavy atom. The van der Waals surface area contributed by atoms with Crippen molar-refractivity contribution < 1.29 is 13.2 Å². The van der Waals surface area contributed by atoms with E-state index in [1.807, 2.05) is 6.07 Å². The summed E-state index contributed by atoms with van der Waals surface area (Å²) in [5.41, 5.74) is 0.899. The Labute approximate surface area is 161 Å². The Bertz CT molecular complexity index is 871. The first-order valence-electron chi connectivity index (χ1n) is 9.32. The summed E-state index contributed by atoms with van der Waals surface area (Å²) >= 11 is 0. The first-order valence-corrected chi connectivity index (χ1v) is 10.8. The molecule has 1 fully saturated rings. The highest BCUT2D eigenvalue weighted by molar-refractivity contribution is 7.92. The quantitative estimate of drug-likeness (QED) is 0.784. The second kappa shape index (κ2) is 8.31. The number of para-hydroxylation sites is 2. The average molecular weight is 393 g/mol. The highest BCUT2D eigenvalue weighted by Crippen LogP contribution is 2.27. The lowest BCUT2D eigenvalue weighted by atomic mass is 9.99. The number of piperidine rings is 1. The highest BCUT2D eigenvalue weighted by Gasteiger charge is 2.21. The van der Waals surface area contributed by atoms with Gasteiger partial charge < -0.3 is 4.74 Å². The summed E-state index contributed by atoms with van der Waals surface area (Å²) in [6.07, 6.45) is 3.94. The van der Waals surface area contributed by atoms with Crippen LogP contribution < -0.4 is 9.46 Å². The molecular weight excluding hydrogens is 364 g/mol. The van der Waals surface area contributed by atoms with Crippen molar-refractivity contribution in [2.75, 3.05) is 31.0 Å². The summed E-state index contributed by atoms with van der Waals surface area (Å²) < 4.78 is 35.4. The first-order chi connectivity index (χ1) is 12.8. The molecule has 1 aromatic heterocycles. The van der Waals surface area contributed by atoms with E-state index in [-0.39, 0.29) is 4.90 Å². The van der Waals surface area contributed by atoms with Crippen LogP contribution in [-0.2, 0) is 17.1 Å². The van der Waals surface area contributed by atoms with E-state index in [2.05, 4.69) is 21.6 Å². The van der Waals surface area contributed by atoms with Crippen molar-refractivity contribution >= 4 is 15.7 Å². The minimum absolute atomic E-state index is 0.169. The van der Waals surface area contributed by atoms with Crippen LogP contribution in [0.3, 0.4) is 0 Å². The van der Waals surface area contributed by atoms with Gasteiger partial charge in [0.1, 0.15) is 17.3 Å². The number of hydrogen-bond acceptors (Lipinski definition) is 5. The number of nitrogens with zero attached hydrogens (tertiary/aromatic N) is 3. The van der Waals surface area contributed by atoms with E-state index in [0.29, 0.717) is 23.7 Å². The molecule has 0 atom stereocenters. The fraction of sp³-hybridized carbons (Fsp3) is 0.526. The largest absolute Gasteiger partial charge is 0.490 e. The van der Waals surface area contributed by atoms with Crippen LogP contribution in [0.2, 0.25) is 0 Å². The smallest absolute Gasteiger partial charge is 0.265 e. The van der Waals surface area contributed by atoms with Crippen LogP contribution in [0.5, 0.6) is 5.75 Å². The number of benzene rings is 1. The molecule has 0 spiro atoms. The van der Waals surface area contributed by atoms with E-state index in [1.165, 1.54) is 23.7 Å². The maximum absolute atomic E-state index is 12.7. The Morgan fingerprint density at radius 1 is 1.26 bits per heavy atom. The van der Waals surface area contributed by atoms with Crippen LogP contribution in [0.25, 0.3) is 0 Å². The lowest BCUT2D eigenvalue weighted by Crippen LogP contribution is -2.35. The molecule has 1 saturated heterocycles. The van der Waals surface area contributed by atoms with Crippen molar-refractivity contribution in [3.8, 4) is 5.75 Å². The minimum Gasteiger partial charge on any atom is -0.490 e. The van der Waals surface area contributed by atoms with Gasteiger partial charge in [0.2, 0.25) is 0 Å². The van der Waals surface area contributed by atoms with Gasteiger partial charge in [0.05, 0.1) is 11.4 Å². The van der Waals surface area contributed by atoms with E-state index >= 15 is 0 Å². The van der Waals surface area contributed by atoms with E-state index < -0.39 is 10.0 Å². The Balaban J connectivity index is 1.64. The number of aryl methyl sites for hydroxylation is 2. The van der Waals surface area contributed by atoms with E-state index in [1.54, 1.807) is 32.2 Å². The maximum atomic E-state index is 12.7. The Morgan fingerprint density at radius 2 is 1.96 bits per heavy atom. The lowest BCUT2D eigenvalue weighted by molar-refractivity contribution is 0.161. The molecule has 0 radical (unpaired) electrons. The van der Waals surface area contributed by atoms with Crippen molar-refractivity contribution in [2.45, 2.75) is 31.6 Å². The summed E-state index contributed by atoms with van der Waals surface area (Å²) in [6, 6.07) is 7.12. The molecule has 1 N–H and O–H groups in total. The molecule has 1 aliphatic rings. The first kappa shape index (κ1) is 19.7. The molecule has 0 bridgehead atoms. The zero-order valence-electron chi connectivity index (χ0n) is 16.2. The zero-order valence-corrected chi connectivity index (χ0v) is 17.0. The average Bonchev–Trinajstić information content (AvgIpc) is 2.97. The third-order valence-corrected chi connectivity index (χ3v) is 6.40. The van der Waals surface area contributed by atoms with Crippen LogP contribution in [0.1, 0.15) is 25.5 Å². The second-order valence-corrected chi connectivity index (χ2v) is 8.88. The van der Waals surface area contributed by atoms with Crippen LogP contribution in [0.15, 0.2) is 35.4 Å². The second-order valence-electron chi connectivity index (χ2n) is 7.23. The number of aromatic nitrogens is 2. The zero-order chi connectivity index (χ0) is 19.4. The molecule has 2 heterocycles. The summed E-state index contributed by atoms with van der Waals surface area (Å²) in [4.78, 5) is 2.56. The number of likely N-dealkylation sites (tertiary alicyclic amines) is 1. The van der Waals surface area contributed by atoms with Gasteiger partial charge in [-0.2, -0.15) is 5.10 Å². The van der Waals surface area contributed by atoms with Gasteiger partial charge in [-0.15, -0.1) is 0 Å². The maximum Gasteiger partial charge on any atom is 0.265 e. The van der Waals surface area contributed by atoms with Gasteiger partial charge in [-0.05, 0) is 50.9 Å². The van der Waals surface area contributed by atoms with Crippen molar-refractivity contribution in [3.63, 3.8) is 0 Å². The molecule has 8 heteroatoms. The number of nitrogens with one attached hydrogen (secondary N) is 1. The molecule has 3 rings (SSSR count). The molecule has 7 nitrogen and oxygen atoms in total. The van der Waals surface area contributed by atoms with Crippen molar-refractivity contribution in [2.24, 2.45) is 13.0 Å². The molecule has 0 aliphatic carbocycles. The normalized spacial score (nSPS) is 16.4. The lowest BCUT2D eigenvalue weighted by Gasteiger charge is -2.30. The molecule has 2 aromatic rings. The third-order valence-electron chi connectivity index (χ3n) is 4.93. The van der Waals surface area contributed by atoms with Crippen LogP contribution in [0.4, 0.5) is 5.69 Å². The van der Waals surface area contributed by atoms with Gasteiger partial charge >= 0.3 is 0 Å². The minimum atomic E-state index is -3.72. The molecule has 1 aliphatic heterocycles. The summed E-state index contributed by atoms with van der Waals surface area (Å²) in [7, 11) is -2.02. The fourth-order valence-electron chi connectivity index (χ4n) is 3.29. The fourth-order valence-corrected chi connectivity index (χ4v) is 4.58. The molecule has 27 heavy (non-hydrogen) atoms. The van der Waals surface area contributed by atoms with Gasteiger partial charge in [-0.3, -0.25) is 14.3 Å². The van der Waals surface area contributed by atoms with Crippen molar-refractivity contribution in [3.05, 3.63) is 36.2 Å². The van der Waals surface area contributed by atoms with E-state index in [9.17, 15) is 8.42 Å². The topological polar surface area (TPSA) is 76.5 Å². The number of hydrogen-bond donors (Lipinski definition) is 1. The van der Waals surface area contributed by atoms with Crippen LogP contribution >= 0.6 is 0 Å². The van der Waals surface area contributed by atoms with Crippen LogP contribution in [-0.4, -0.2) is 49.3 Å². The van der Waals surface area contributed by atoms with Gasteiger partial charge in [-0.1, -0.05) is 19.1 Å². The van der Waals surface area contributed by atoms with E-state index in [4.69, 9.17) is 4.74 Å². The predicted molar refractivity (Wildman–Crippen MR) is 106 cm³/mol. The molecule has 148 valence electrons. The Kier molecular flexibility index (Phi) is 6.06. The molecule has 0 amide bonds.